The molecule has 358 valence electrons. The Kier molecular flexibility index (Phi) is 45.9. The highest BCUT2D eigenvalue weighted by molar-refractivity contribution is 7.47. The first kappa shape index (κ1) is 59.5. The van der Waals surface area contributed by atoms with Crippen LogP contribution in [0.1, 0.15) is 213 Å². The second-order valence-electron chi connectivity index (χ2n) is 16.3. The van der Waals surface area contributed by atoms with Crippen molar-refractivity contribution in [2.45, 2.75) is 219 Å². The van der Waals surface area contributed by atoms with Crippen molar-refractivity contribution >= 4 is 19.8 Å². The number of allylic oxidation sites excluding steroid dienone is 12. The van der Waals surface area contributed by atoms with Crippen LogP contribution in [0, 0.1) is 0 Å². The van der Waals surface area contributed by atoms with E-state index >= 15 is 0 Å². The molecule has 62 heavy (non-hydrogen) atoms. The molecule has 0 spiro atoms. The van der Waals surface area contributed by atoms with Crippen LogP contribution in [0.25, 0.3) is 0 Å². The van der Waals surface area contributed by atoms with E-state index in [0.717, 1.165) is 96.3 Å². The first-order valence-corrected chi connectivity index (χ1v) is 26.4. The van der Waals surface area contributed by atoms with Crippen LogP contribution in [0.3, 0.4) is 0 Å². The third kappa shape index (κ3) is 46.9. The molecule has 0 rings (SSSR count). The molecule has 0 amide bonds. The standard InChI is InChI=1S/C52H92NO8P/c1-3-5-7-9-11-13-15-16-17-18-19-20-21-22-23-24-25-26-27-28-29-30-31-32-33-34-35-37-39-41-43-45-52(55)61-50(49-60-62(56,57)59-47-46-53)48-58-51(54)44-42-40-38-36-14-12-10-8-6-4-2/h5,7-8,10-11,13,16-17,19-20,22-23,50H,3-4,6,9,12,14-15,18,21,24-49,53H2,1-2H3,(H,56,57)/b7-5-,10-8-,13-11-,17-16-,20-19-,23-22-. The molecule has 0 heterocycles. The Balaban J connectivity index is 3.91. The summed E-state index contributed by atoms with van der Waals surface area (Å²) in [7, 11) is -4.38. The molecule has 9 nitrogen and oxygen atoms in total. The summed E-state index contributed by atoms with van der Waals surface area (Å²) in [5, 5.41) is 0. The Hall–Kier alpha value is -2.55. The molecule has 2 atom stereocenters. The van der Waals surface area contributed by atoms with Crippen molar-refractivity contribution in [2.24, 2.45) is 5.73 Å². The topological polar surface area (TPSA) is 134 Å². The number of rotatable bonds is 46. The maximum atomic E-state index is 12.6. The van der Waals surface area contributed by atoms with Crippen molar-refractivity contribution in [1.82, 2.24) is 0 Å². The Morgan fingerprint density at radius 2 is 0.887 bits per heavy atom. The fourth-order valence-corrected chi connectivity index (χ4v) is 7.43. The number of carbonyl (C=O) groups is 2. The third-order valence-electron chi connectivity index (χ3n) is 10.3. The number of hydrogen-bond acceptors (Lipinski definition) is 8. The monoisotopic (exact) mass is 890 g/mol. The van der Waals surface area contributed by atoms with E-state index in [9.17, 15) is 19.0 Å². The van der Waals surface area contributed by atoms with E-state index in [2.05, 4.69) is 86.8 Å². The number of hydrogen-bond donors (Lipinski definition) is 2. The van der Waals surface area contributed by atoms with Crippen LogP contribution in [-0.2, 0) is 32.7 Å². The Bertz CT molecular complexity index is 1240. The molecule has 0 fully saturated rings. The van der Waals surface area contributed by atoms with Gasteiger partial charge in [0.15, 0.2) is 6.10 Å². The molecule has 0 saturated carbocycles. The normalized spacial score (nSPS) is 13.8. The second kappa shape index (κ2) is 47.9. The van der Waals surface area contributed by atoms with E-state index in [1.165, 1.54) is 83.5 Å². The molecular formula is C52H92NO8P. The quantitative estimate of drug-likeness (QED) is 0.0265. The van der Waals surface area contributed by atoms with Gasteiger partial charge in [-0.3, -0.25) is 18.6 Å². The number of carbonyl (C=O) groups excluding carboxylic acids is 2. The minimum Gasteiger partial charge on any atom is -0.462 e. The smallest absolute Gasteiger partial charge is 0.462 e. The summed E-state index contributed by atoms with van der Waals surface area (Å²) in [6.45, 7) is 3.55. The van der Waals surface area contributed by atoms with E-state index in [4.69, 9.17) is 24.3 Å². The summed E-state index contributed by atoms with van der Waals surface area (Å²) in [4.78, 5) is 34.9. The average molecular weight is 890 g/mol. The molecule has 0 saturated heterocycles. The minimum atomic E-state index is -4.38. The van der Waals surface area contributed by atoms with E-state index in [0.29, 0.717) is 6.42 Å². The molecule has 2 unspecified atom stereocenters. The molecule has 0 aromatic rings. The number of esters is 2. The first-order valence-electron chi connectivity index (χ1n) is 24.9. The van der Waals surface area contributed by atoms with Gasteiger partial charge in [-0.25, -0.2) is 4.57 Å². The Morgan fingerprint density at radius 3 is 1.34 bits per heavy atom. The van der Waals surface area contributed by atoms with Crippen LogP contribution in [0.15, 0.2) is 72.9 Å². The van der Waals surface area contributed by atoms with Gasteiger partial charge in [0.2, 0.25) is 0 Å². The van der Waals surface area contributed by atoms with E-state index in [1.807, 2.05) is 0 Å². The van der Waals surface area contributed by atoms with Crippen LogP contribution >= 0.6 is 7.82 Å². The summed E-state index contributed by atoms with van der Waals surface area (Å²) in [6.07, 6.45) is 59.6. The molecule has 0 aliphatic heterocycles. The van der Waals surface area contributed by atoms with Crippen molar-refractivity contribution in [3.05, 3.63) is 72.9 Å². The molecule has 0 aliphatic rings. The van der Waals surface area contributed by atoms with E-state index in [-0.39, 0.29) is 32.6 Å². The molecule has 0 aliphatic carbocycles. The summed E-state index contributed by atoms with van der Waals surface area (Å²) in [5.41, 5.74) is 5.35. The van der Waals surface area contributed by atoms with Gasteiger partial charge in [-0.05, 0) is 77.0 Å². The Morgan fingerprint density at radius 1 is 0.500 bits per heavy atom. The second-order valence-corrected chi connectivity index (χ2v) is 17.8. The summed E-state index contributed by atoms with van der Waals surface area (Å²) >= 11 is 0. The predicted octanol–water partition coefficient (Wildman–Crippen LogP) is 15.0. The lowest BCUT2D eigenvalue weighted by Crippen LogP contribution is -2.29. The number of nitrogens with two attached hydrogens (primary N) is 1. The average Bonchev–Trinajstić information content (AvgIpc) is 3.26. The Labute approximate surface area is 380 Å². The number of unbranched alkanes of at least 4 members (excludes halogenated alkanes) is 21. The highest BCUT2D eigenvalue weighted by atomic mass is 31.2. The first-order chi connectivity index (χ1) is 30.3. The number of phosphoric ester groups is 1. The zero-order valence-corrected chi connectivity index (χ0v) is 40.5. The lowest BCUT2D eigenvalue weighted by molar-refractivity contribution is -0.161. The molecule has 0 bridgehead atoms. The molecular weight excluding hydrogens is 798 g/mol. The van der Waals surface area contributed by atoms with Crippen molar-refractivity contribution < 1.29 is 37.6 Å². The van der Waals surface area contributed by atoms with Gasteiger partial charge in [0.05, 0.1) is 13.2 Å². The zero-order valence-electron chi connectivity index (χ0n) is 39.6. The number of phosphoric acid groups is 1. The summed E-state index contributed by atoms with van der Waals surface area (Å²) in [6, 6.07) is 0. The fraction of sp³-hybridized carbons (Fsp3) is 0.731. The van der Waals surface area contributed by atoms with Crippen LogP contribution in [0.2, 0.25) is 0 Å². The third-order valence-corrected chi connectivity index (χ3v) is 11.3. The summed E-state index contributed by atoms with van der Waals surface area (Å²) in [5.74, 6) is -0.841. The fourth-order valence-electron chi connectivity index (χ4n) is 6.66. The van der Waals surface area contributed by atoms with Crippen LogP contribution < -0.4 is 5.73 Å². The van der Waals surface area contributed by atoms with Gasteiger partial charge < -0.3 is 20.1 Å². The van der Waals surface area contributed by atoms with Crippen molar-refractivity contribution in [3.8, 4) is 0 Å². The van der Waals surface area contributed by atoms with Gasteiger partial charge in [0, 0.05) is 19.4 Å². The van der Waals surface area contributed by atoms with Gasteiger partial charge in [0.1, 0.15) is 6.61 Å². The van der Waals surface area contributed by atoms with Gasteiger partial charge >= 0.3 is 19.8 Å². The minimum absolute atomic E-state index is 0.0505. The van der Waals surface area contributed by atoms with E-state index in [1.54, 1.807) is 0 Å². The summed E-state index contributed by atoms with van der Waals surface area (Å²) < 4.78 is 32.8. The van der Waals surface area contributed by atoms with E-state index < -0.39 is 32.5 Å². The molecule has 0 radical (unpaired) electrons. The van der Waals surface area contributed by atoms with Gasteiger partial charge in [-0.15, -0.1) is 0 Å². The zero-order chi connectivity index (χ0) is 45.3. The maximum Gasteiger partial charge on any atom is 0.472 e. The molecule has 0 aromatic heterocycles. The van der Waals surface area contributed by atoms with Crippen LogP contribution in [-0.4, -0.2) is 49.3 Å². The van der Waals surface area contributed by atoms with Crippen molar-refractivity contribution in [2.75, 3.05) is 26.4 Å². The highest BCUT2D eigenvalue weighted by Gasteiger charge is 2.26. The van der Waals surface area contributed by atoms with Gasteiger partial charge in [-0.1, -0.05) is 196 Å². The molecule has 0 aromatic carbocycles. The predicted molar refractivity (Wildman–Crippen MR) is 261 cm³/mol. The molecule has 10 heteroatoms. The number of ether oxygens (including phenoxy) is 2. The highest BCUT2D eigenvalue weighted by Crippen LogP contribution is 2.43. The maximum absolute atomic E-state index is 12.6. The van der Waals surface area contributed by atoms with Crippen LogP contribution in [0.4, 0.5) is 0 Å². The van der Waals surface area contributed by atoms with Crippen molar-refractivity contribution in [1.29, 1.82) is 0 Å². The van der Waals surface area contributed by atoms with Gasteiger partial charge in [0.25, 0.3) is 0 Å². The van der Waals surface area contributed by atoms with Gasteiger partial charge in [-0.2, -0.15) is 0 Å². The molecule has 3 N–H and O–H groups in total. The largest absolute Gasteiger partial charge is 0.472 e. The lowest BCUT2D eigenvalue weighted by Gasteiger charge is -2.19. The lowest BCUT2D eigenvalue weighted by atomic mass is 10.0. The van der Waals surface area contributed by atoms with Crippen LogP contribution in [0.5, 0.6) is 0 Å². The van der Waals surface area contributed by atoms with Crippen molar-refractivity contribution in [3.63, 3.8) is 0 Å². The SMILES string of the molecule is CC/C=C\C/C=C\C/C=C\C/C=C\C/C=C\CCCCCCCCCCCCCCCCCC(=O)OC(COC(=O)CCCCCCC/C=C\CCC)COP(=O)(O)OCCN.